The Balaban J connectivity index is 1.51. The number of anilines is 1. The second kappa shape index (κ2) is 12.4. The van der Waals surface area contributed by atoms with E-state index in [2.05, 4.69) is 15.3 Å². The van der Waals surface area contributed by atoms with Gasteiger partial charge in [0.15, 0.2) is 11.5 Å². The molecule has 1 amide bonds. The molecule has 0 aliphatic heterocycles. The van der Waals surface area contributed by atoms with Crippen LogP contribution in [0, 0.1) is 5.82 Å². The standard InChI is InChI=1S/C29H28F4N4O4/c1-37(2)7-8-41-21-12-19(29(31,32)33)11-20(13-21)35-28(38)10-17-5-6-18(9-22(17)30)25-16-34-23-14-26(39-3)27(40-4)15-24(23)36-25/h5-6,9,11-16H,7-8,10H2,1-4H3,(H,35,38). The van der Waals surface area contributed by atoms with E-state index in [0.717, 1.165) is 12.1 Å². The molecule has 1 heterocycles. The molecule has 0 fully saturated rings. The van der Waals surface area contributed by atoms with Crippen LogP contribution >= 0.6 is 0 Å². The first-order valence-electron chi connectivity index (χ1n) is 12.4. The number of amides is 1. The summed E-state index contributed by atoms with van der Waals surface area (Å²) in [6.07, 6.45) is -3.56. The lowest BCUT2D eigenvalue weighted by atomic mass is 10.1. The molecular weight excluding hydrogens is 544 g/mol. The number of ether oxygens (including phenoxy) is 3. The first kappa shape index (κ1) is 29.5. The lowest BCUT2D eigenvalue weighted by Gasteiger charge is -2.15. The molecule has 3 aromatic carbocycles. The molecule has 4 rings (SSSR count). The van der Waals surface area contributed by atoms with E-state index in [0.29, 0.717) is 40.3 Å². The molecule has 0 atom stereocenters. The maximum Gasteiger partial charge on any atom is 0.416 e. The average molecular weight is 573 g/mol. The largest absolute Gasteiger partial charge is 0.493 e. The molecule has 0 aliphatic rings. The number of likely N-dealkylation sites (N-methyl/N-ethyl adjacent to an activating group) is 1. The molecule has 0 radical (unpaired) electrons. The van der Waals surface area contributed by atoms with Gasteiger partial charge in [-0.15, -0.1) is 0 Å². The highest BCUT2D eigenvalue weighted by atomic mass is 19.4. The van der Waals surface area contributed by atoms with Crippen LogP contribution in [0.3, 0.4) is 0 Å². The summed E-state index contributed by atoms with van der Waals surface area (Å²) >= 11 is 0. The van der Waals surface area contributed by atoms with Gasteiger partial charge >= 0.3 is 6.18 Å². The van der Waals surface area contributed by atoms with E-state index in [1.807, 2.05) is 4.90 Å². The molecule has 1 N–H and O–H groups in total. The van der Waals surface area contributed by atoms with Crippen LogP contribution in [0.5, 0.6) is 17.2 Å². The van der Waals surface area contributed by atoms with E-state index in [1.54, 1.807) is 32.3 Å². The molecule has 0 spiro atoms. The molecule has 0 aliphatic carbocycles. The van der Waals surface area contributed by atoms with Crippen molar-refractivity contribution in [2.24, 2.45) is 0 Å². The topological polar surface area (TPSA) is 85.8 Å². The first-order valence-corrected chi connectivity index (χ1v) is 12.4. The monoisotopic (exact) mass is 572 g/mol. The Hall–Kier alpha value is -4.45. The summed E-state index contributed by atoms with van der Waals surface area (Å²) in [5, 5.41) is 2.42. The molecule has 1 aromatic heterocycles. The molecule has 8 nitrogen and oxygen atoms in total. The van der Waals surface area contributed by atoms with Crippen molar-refractivity contribution in [3.63, 3.8) is 0 Å². The van der Waals surface area contributed by atoms with Gasteiger partial charge in [0.25, 0.3) is 0 Å². The van der Waals surface area contributed by atoms with Crippen molar-refractivity contribution < 1.29 is 36.6 Å². The Morgan fingerprint density at radius 2 is 1.68 bits per heavy atom. The molecule has 41 heavy (non-hydrogen) atoms. The van der Waals surface area contributed by atoms with Crippen molar-refractivity contribution in [2.75, 3.05) is 46.8 Å². The average Bonchev–Trinajstić information content (AvgIpc) is 2.92. The van der Waals surface area contributed by atoms with E-state index in [9.17, 15) is 18.0 Å². The fourth-order valence-electron chi connectivity index (χ4n) is 3.97. The van der Waals surface area contributed by atoms with Gasteiger partial charge in [-0.25, -0.2) is 9.37 Å². The maximum atomic E-state index is 15.0. The van der Waals surface area contributed by atoms with Crippen LogP contribution in [0.2, 0.25) is 0 Å². The number of methoxy groups -OCH3 is 2. The van der Waals surface area contributed by atoms with Gasteiger partial charge < -0.3 is 24.4 Å². The number of carbonyl (C=O) groups is 1. The van der Waals surface area contributed by atoms with Crippen LogP contribution in [-0.2, 0) is 17.4 Å². The van der Waals surface area contributed by atoms with Crippen molar-refractivity contribution >= 4 is 22.6 Å². The number of fused-ring (bicyclic) bond motifs is 1. The normalized spacial score (nSPS) is 11.5. The minimum Gasteiger partial charge on any atom is -0.493 e. The third kappa shape index (κ3) is 7.40. The number of nitrogens with zero attached hydrogens (tertiary/aromatic N) is 3. The van der Waals surface area contributed by atoms with Gasteiger partial charge in [0.2, 0.25) is 5.91 Å². The minimum atomic E-state index is -4.65. The number of carbonyl (C=O) groups excluding carboxylic acids is 1. The molecule has 216 valence electrons. The number of benzene rings is 3. The van der Waals surface area contributed by atoms with Crippen LogP contribution in [0.4, 0.5) is 23.2 Å². The predicted molar refractivity (Wildman–Crippen MR) is 146 cm³/mol. The zero-order valence-corrected chi connectivity index (χ0v) is 22.8. The zero-order valence-electron chi connectivity index (χ0n) is 22.8. The number of alkyl halides is 3. The van der Waals surface area contributed by atoms with Gasteiger partial charge in [-0.05, 0) is 37.9 Å². The number of hydrogen-bond acceptors (Lipinski definition) is 7. The van der Waals surface area contributed by atoms with Gasteiger partial charge in [-0.3, -0.25) is 9.78 Å². The third-order valence-electron chi connectivity index (χ3n) is 6.07. The smallest absolute Gasteiger partial charge is 0.416 e. The Morgan fingerprint density at radius 1 is 0.976 bits per heavy atom. The SMILES string of the molecule is COc1cc2ncc(-c3ccc(CC(=O)Nc4cc(OCCN(C)C)cc(C(F)(F)F)c4)c(F)c3)nc2cc1OC. The molecule has 0 saturated carbocycles. The summed E-state index contributed by atoms with van der Waals surface area (Å²) in [7, 11) is 6.61. The number of nitrogens with one attached hydrogen (secondary N) is 1. The van der Waals surface area contributed by atoms with Crippen molar-refractivity contribution in [3.05, 3.63) is 71.7 Å². The maximum absolute atomic E-state index is 15.0. The highest BCUT2D eigenvalue weighted by molar-refractivity contribution is 5.92. The highest BCUT2D eigenvalue weighted by Gasteiger charge is 2.31. The van der Waals surface area contributed by atoms with Gasteiger partial charge in [-0.1, -0.05) is 12.1 Å². The van der Waals surface area contributed by atoms with Crippen molar-refractivity contribution in [1.82, 2.24) is 14.9 Å². The summed E-state index contributed by atoms with van der Waals surface area (Å²) in [5.74, 6) is -0.452. The van der Waals surface area contributed by atoms with E-state index >= 15 is 4.39 Å². The van der Waals surface area contributed by atoms with Gasteiger partial charge in [0.05, 0.1) is 49.1 Å². The lowest BCUT2D eigenvalue weighted by molar-refractivity contribution is -0.137. The quantitative estimate of drug-likeness (QED) is 0.248. The number of aromatic nitrogens is 2. The molecular formula is C29H28F4N4O4. The summed E-state index contributed by atoms with van der Waals surface area (Å²) in [4.78, 5) is 23.4. The van der Waals surface area contributed by atoms with Crippen molar-refractivity contribution in [1.29, 1.82) is 0 Å². The predicted octanol–water partition coefficient (Wildman–Crippen LogP) is 5.59. The second-order valence-corrected chi connectivity index (χ2v) is 9.38. The minimum absolute atomic E-state index is 0.0416. The summed E-state index contributed by atoms with van der Waals surface area (Å²) in [5.41, 5.74) is 0.856. The number of rotatable bonds is 10. The van der Waals surface area contributed by atoms with Gasteiger partial charge in [-0.2, -0.15) is 13.2 Å². The van der Waals surface area contributed by atoms with Crippen LogP contribution in [0.1, 0.15) is 11.1 Å². The number of hydrogen-bond donors (Lipinski definition) is 1. The Morgan fingerprint density at radius 3 is 2.32 bits per heavy atom. The van der Waals surface area contributed by atoms with E-state index < -0.39 is 29.9 Å². The fraction of sp³-hybridized carbons (Fsp3) is 0.276. The lowest BCUT2D eigenvalue weighted by Crippen LogP contribution is -2.20. The highest BCUT2D eigenvalue weighted by Crippen LogP contribution is 2.35. The van der Waals surface area contributed by atoms with Crippen LogP contribution in [0.25, 0.3) is 22.3 Å². The Kier molecular flexibility index (Phi) is 8.92. The first-order chi connectivity index (χ1) is 19.5. The Labute approximate surface area is 233 Å². The molecule has 12 heteroatoms. The number of halogens is 4. The van der Waals surface area contributed by atoms with Crippen LogP contribution < -0.4 is 19.5 Å². The fourth-order valence-corrected chi connectivity index (χ4v) is 3.97. The van der Waals surface area contributed by atoms with Crippen molar-refractivity contribution in [2.45, 2.75) is 12.6 Å². The Bertz CT molecular complexity index is 1560. The van der Waals surface area contributed by atoms with E-state index in [-0.39, 0.29) is 23.6 Å². The molecule has 0 bridgehead atoms. The zero-order chi connectivity index (χ0) is 29.7. The summed E-state index contributed by atoms with van der Waals surface area (Å²) in [6.45, 7) is 0.642. The molecule has 0 unspecified atom stereocenters. The van der Waals surface area contributed by atoms with Gasteiger partial charge in [0.1, 0.15) is 18.2 Å². The van der Waals surface area contributed by atoms with E-state index in [4.69, 9.17) is 14.2 Å². The van der Waals surface area contributed by atoms with Gasteiger partial charge in [0, 0.05) is 36.0 Å². The van der Waals surface area contributed by atoms with Crippen molar-refractivity contribution in [3.8, 4) is 28.5 Å². The molecule has 0 saturated heterocycles. The summed E-state index contributed by atoms with van der Waals surface area (Å²) < 4.78 is 71.3. The summed E-state index contributed by atoms with van der Waals surface area (Å²) in [6, 6.07) is 10.5. The second-order valence-electron chi connectivity index (χ2n) is 9.38. The third-order valence-corrected chi connectivity index (χ3v) is 6.07. The van der Waals surface area contributed by atoms with E-state index in [1.165, 1.54) is 38.6 Å². The molecule has 4 aromatic rings. The van der Waals surface area contributed by atoms with Crippen LogP contribution in [0.15, 0.2) is 54.7 Å². The van der Waals surface area contributed by atoms with Crippen LogP contribution in [-0.4, -0.2) is 62.2 Å².